The molecule has 0 unspecified atom stereocenters. The molecule has 0 aliphatic heterocycles. The Bertz CT molecular complexity index is 908. The molecule has 174 valence electrons. The van der Waals surface area contributed by atoms with Gasteiger partial charge < -0.3 is 24.1 Å². The Morgan fingerprint density at radius 2 is 1.09 bits per heavy atom. The smallest absolute Gasteiger partial charge is 0.344 e. The monoisotopic (exact) mass is 1120 g/mol. The lowest BCUT2D eigenvalue weighted by atomic mass is 10.3. The Morgan fingerprint density at radius 3 is 1.47 bits per heavy atom. The molecule has 0 aromatic heterocycles. The van der Waals surface area contributed by atoms with Crippen LogP contribution in [0.25, 0.3) is 0 Å². The van der Waals surface area contributed by atoms with Crippen molar-refractivity contribution in [3.8, 4) is 11.5 Å². The maximum absolute atomic E-state index is 11.9. The molecule has 2 rings (SSSR count). The standard InChI is InChI=1S/C19H14I6O7/c20-9-1-12(22)18(24)14(3-9)29-7-16(27)31-5-11(26)6-32-17(28)8-30-15-4-10(21)2-13(23)19(15)25/h1-4,11,26H,5-8H2. The molecule has 7 nitrogen and oxygen atoms in total. The molecule has 2 aromatic carbocycles. The molecule has 13 heteroatoms. The Balaban J connectivity index is 1.69. The molecule has 0 atom stereocenters. The van der Waals surface area contributed by atoms with Crippen molar-refractivity contribution in [3.63, 3.8) is 0 Å². The number of rotatable bonds is 10. The molecule has 0 spiro atoms. The number of esters is 2. The first-order valence-electron chi connectivity index (χ1n) is 8.60. The molecule has 2 aromatic rings. The summed E-state index contributed by atoms with van der Waals surface area (Å²) in [6, 6.07) is 7.65. The van der Waals surface area contributed by atoms with Crippen LogP contribution in [0.4, 0.5) is 0 Å². The van der Waals surface area contributed by atoms with E-state index >= 15 is 0 Å². The molecular formula is C19H14I6O7. The minimum Gasteiger partial charge on any atom is -0.481 e. The van der Waals surface area contributed by atoms with Gasteiger partial charge in [-0.25, -0.2) is 9.59 Å². The largest absolute Gasteiger partial charge is 0.481 e. The second-order valence-electron chi connectivity index (χ2n) is 6.00. The van der Waals surface area contributed by atoms with E-state index < -0.39 is 18.0 Å². The van der Waals surface area contributed by atoms with Crippen molar-refractivity contribution in [2.75, 3.05) is 26.4 Å². The third-order valence-corrected chi connectivity index (χ3v) is 10.7. The summed E-state index contributed by atoms with van der Waals surface area (Å²) >= 11 is 13.0. The normalized spacial score (nSPS) is 10.8. The lowest BCUT2D eigenvalue weighted by molar-refractivity contribution is -0.154. The predicted molar refractivity (Wildman–Crippen MR) is 168 cm³/mol. The first-order valence-corrected chi connectivity index (χ1v) is 15.1. The highest BCUT2D eigenvalue weighted by Gasteiger charge is 2.15. The van der Waals surface area contributed by atoms with Crippen molar-refractivity contribution < 1.29 is 33.6 Å². The molecule has 0 bridgehead atoms. The average Bonchev–Trinajstić information content (AvgIpc) is 2.73. The van der Waals surface area contributed by atoms with Gasteiger partial charge in [0.05, 0.1) is 7.14 Å². The number of carbonyl (C=O) groups is 2. The van der Waals surface area contributed by atoms with E-state index in [1.807, 2.05) is 24.3 Å². The summed E-state index contributed by atoms with van der Waals surface area (Å²) in [7, 11) is 0. The van der Waals surface area contributed by atoms with E-state index in [0.29, 0.717) is 11.5 Å². The van der Waals surface area contributed by atoms with Gasteiger partial charge >= 0.3 is 11.9 Å². The molecule has 0 aliphatic carbocycles. The minimum absolute atomic E-state index is 0.292. The van der Waals surface area contributed by atoms with E-state index in [1.54, 1.807) is 0 Å². The number of hydrogen-bond donors (Lipinski definition) is 1. The van der Waals surface area contributed by atoms with Gasteiger partial charge in [0.1, 0.15) is 30.8 Å². The second kappa shape index (κ2) is 14.8. The summed E-state index contributed by atoms with van der Waals surface area (Å²) in [4.78, 5) is 23.8. The summed E-state index contributed by atoms with van der Waals surface area (Å²) in [5.41, 5.74) is 0. The number of halogens is 6. The third kappa shape index (κ3) is 10.1. The van der Waals surface area contributed by atoms with Crippen molar-refractivity contribution in [2.24, 2.45) is 0 Å². The van der Waals surface area contributed by atoms with Gasteiger partial charge in [0.2, 0.25) is 0 Å². The first kappa shape index (κ1) is 29.5. The SMILES string of the molecule is O=C(COc1cc(I)cc(I)c1I)OCC(O)COC(=O)COc1cc(I)cc(I)c1I. The van der Waals surface area contributed by atoms with Crippen molar-refractivity contribution in [2.45, 2.75) is 6.10 Å². The van der Waals surface area contributed by atoms with Gasteiger partial charge in [-0.15, -0.1) is 0 Å². The zero-order valence-corrected chi connectivity index (χ0v) is 28.8. The number of carbonyl (C=O) groups excluding carboxylic acids is 2. The molecule has 0 heterocycles. The van der Waals surface area contributed by atoms with Crippen LogP contribution in [0.2, 0.25) is 0 Å². The molecule has 0 saturated carbocycles. The van der Waals surface area contributed by atoms with Crippen LogP contribution in [-0.4, -0.2) is 49.6 Å². The fourth-order valence-corrected chi connectivity index (χ4v) is 6.57. The third-order valence-electron chi connectivity index (χ3n) is 3.48. The van der Waals surface area contributed by atoms with Gasteiger partial charge in [-0.05, 0) is 160 Å². The number of ether oxygens (including phenoxy) is 4. The van der Waals surface area contributed by atoms with Gasteiger partial charge in [0.15, 0.2) is 13.2 Å². The van der Waals surface area contributed by atoms with Crippen LogP contribution in [0.1, 0.15) is 0 Å². The summed E-state index contributed by atoms with van der Waals surface area (Å²) in [6.07, 6.45) is -1.15. The topological polar surface area (TPSA) is 91.3 Å². The molecule has 0 aliphatic rings. The molecule has 0 fully saturated rings. The van der Waals surface area contributed by atoms with Crippen LogP contribution < -0.4 is 9.47 Å². The van der Waals surface area contributed by atoms with Crippen molar-refractivity contribution >= 4 is 147 Å². The van der Waals surface area contributed by atoms with Gasteiger partial charge in [-0.1, -0.05) is 0 Å². The second-order valence-corrected chi connectivity index (χ2v) is 13.0. The Morgan fingerprint density at radius 1 is 0.719 bits per heavy atom. The zero-order valence-electron chi connectivity index (χ0n) is 15.9. The maximum Gasteiger partial charge on any atom is 0.344 e. The van der Waals surface area contributed by atoms with Crippen LogP contribution in [0.15, 0.2) is 24.3 Å². The lowest BCUT2D eigenvalue weighted by Gasteiger charge is -2.14. The average molecular weight is 1120 g/mol. The highest BCUT2D eigenvalue weighted by molar-refractivity contribution is 14.1. The first-order chi connectivity index (χ1) is 15.1. The van der Waals surface area contributed by atoms with Gasteiger partial charge in [-0.3, -0.25) is 0 Å². The number of aliphatic hydroxyl groups excluding tert-OH is 1. The fourth-order valence-electron chi connectivity index (χ4n) is 2.06. The summed E-state index contributed by atoms with van der Waals surface area (Å²) in [6.45, 7) is -1.21. The number of benzene rings is 2. The minimum atomic E-state index is -1.15. The zero-order chi connectivity index (χ0) is 23.8. The maximum atomic E-state index is 11.9. The van der Waals surface area contributed by atoms with Gasteiger partial charge in [-0.2, -0.15) is 0 Å². The van der Waals surface area contributed by atoms with Gasteiger partial charge in [0.25, 0.3) is 0 Å². The van der Waals surface area contributed by atoms with E-state index in [2.05, 4.69) is 136 Å². The number of aliphatic hydroxyl groups is 1. The summed E-state index contributed by atoms with van der Waals surface area (Å²) < 4.78 is 26.8. The molecule has 1 N–H and O–H groups in total. The van der Waals surface area contributed by atoms with E-state index in [4.69, 9.17) is 18.9 Å². The van der Waals surface area contributed by atoms with Crippen LogP contribution in [0.5, 0.6) is 11.5 Å². The summed E-state index contributed by atoms with van der Waals surface area (Å²) in [5, 5.41) is 9.91. The van der Waals surface area contributed by atoms with E-state index in [9.17, 15) is 14.7 Å². The van der Waals surface area contributed by atoms with Gasteiger partial charge in [0, 0.05) is 14.3 Å². The molecular weight excluding hydrogens is 1100 g/mol. The van der Waals surface area contributed by atoms with E-state index in [-0.39, 0.29) is 26.4 Å². The fraction of sp³-hybridized carbons (Fsp3) is 0.263. The molecule has 0 saturated heterocycles. The van der Waals surface area contributed by atoms with Crippen molar-refractivity contribution in [1.29, 1.82) is 0 Å². The van der Waals surface area contributed by atoms with Crippen LogP contribution in [0.3, 0.4) is 0 Å². The quantitative estimate of drug-likeness (QED) is 0.199. The summed E-state index contributed by atoms with van der Waals surface area (Å²) in [5.74, 6) is -0.0889. The Kier molecular flexibility index (Phi) is 13.6. The van der Waals surface area contributed by atoms with Crippen LogP contribution in [0, 0.1) is 21.4 Å². The highest BCUT2D eigenvalue weighted by atomic mass is 127. The van der Waals surface area contributed by atoms with E-state index in [0.717, 1.165) is 21.4 Å². The number of hydrogen-bond acceptors (Lipinski definition) is 7. The van der Waals surface area contributed by atoms with Crippen molar-refractivity contribution in [3.05, 3.63) is 45.7 Å². The van der Waals surface area contributed by atoms with Crippen LogP contribution >= 0.6 is 136 Å². The predicted octanol–water partition coefficient (Wildman–Crippen LogP) is 5.22. The van der Waals surface area contributed by atoms with E-state index in [1.165, 1.54) is 0 Å². The molecule has 32 heavy (non-hydrogen) atoms. The highest BCUT2D eigenvalue weighted by Crippen LogP contribution is 2.29. The Labute approximate surface area is 266 Å². The lowest BCUT2D eigenvalue weighted by Crippen LogP contribution is -2.28. The van der Waals surface area contributed by atoms with Crippen LogP contribution in [-0.2, 0) is 19.1 Å². The Hall–Kier alpha value is 1.32. The molecule has 0 amide bonds. The molecule has 0 radical (unpaired) electrons. The van der Waals surface area contributed by atoms with Crippen molar-refractivity contribution in [1.82, 2.24) is 0 Å².